The number of nitrogens with zero attached hydrogens (tertiary/aromatic N) is 3. The third kappa shape index (κ3) is 8.75. The van der Waals surface area contributed by atoms with Gasteiger partial charge in [-0.05, 0) is 117 Å². The lowest BCUT2D eigenvalue weighted by Crippen LogP contribution is -2.48. The van der Waals surface area contributed by atoms with Gasteiger partial charge in [-0.3, -0.25) is 14.4 Å². The molecule has 6 rings (SSSR count). The van der Waals surface area contributed by atoms with Crippen molar-refractivity contribution in [1.29, 1.82) is 0 Å². The van der Waals surface area contributed by atoms with E-state index in [9.17, 15) is 14.4 Å². The first-order valence-electron chi connectivity index (χ1n) is 17.5. The Kier molecular flexibility index (Phi) is 11.6. The highest BCUT2D eigenvalue weighted by atomic mass is 19.1. The summed E-state index contributed by atoms with van der Waals surface area (Å²) in [6.07, 6.45) is 5.01. The number of H-pyrrole nitrogens is 1. The van der Waals surface area contributed by atoms with Crippen molar-refractivity contribution in [2.45, 2.75) is 57.0 Å². The predicted molar refractivity (Wildman–Crippen MR) is 190 cm³/mol. The van der Waals surface area contributed by atoms with Gasteiger partial charge in [0, 0.05) is 35.2 Å². The van der Waals surface area contributed by atoms with E-state index in [1.165, 1.54) is 13.2 Å². The molecule has 0 unspecified atom stereocenters. The van der Waals surface area contributed by atoms with E-state index >= 15 is 4.39 Å². The number of methoxy groups -OCH3 is 1. The Morgan fingerprint density at radius 2 is 1.65 bits per heavy atom. The van der Waals surface area contributed by atoms with Crippen LogP contribution in [-0.2, 0) is 16.0 Å². The molecule has 4 aromatic rings. The summed E-state index contributed by atoms with van der Waals surface area (Å²) in [5.74, 6) is -1.08. The van der Waals surface area contributed by atoms with Gasteiger partial charge in [0.25, 0.3) is 5.91 Å². The number of rotatable bonds is 12. The number of ether oxygens (including phenoxy) is 1. The number of halogens is 1. The molecule has 13 nitrogen and oxygen atoms in total. The Balaban J connectivity index is 1.17. The number of benzene rings is 3. The van der Waals surface area contributed by atoms with Crippen molar-refractivity contribution in [3.8, 4) is 28.3 Å². The Hall–Kier alpha value is -5.21. The van der Waals surface area contributed by atoms with Crippen LogP contribution in [-0.4, -0.2) is 77.2 Å². The Bertz CT molecular complexity index is 1790. The molecule has 1 saturated carbocycles. The molecule has 3 amide bonds. The molecule has 14 heteroatoms. The van der Waals surface area contributed by atoms with Gasteiger partial charge in [0.1, 0.15) is 6.04 Å². The molecule has 3 aromatic carbocycles. The van der Waals surface area contributed by atoms with E-state index in [-0.39, 0.29) is 41.5 Å². The number of carbonyl (C=O) groups excluding carboxylic acids is 3. The molecule has 1 aliphatic heterocycles. The molecule has 2 aliphatic rings. The number of nitrogens with two attached hydrogens (primary N) is 1. The average molecular weight is 698 g/mol. The Morgan fingerprint density at radius 3 is 2.29 bits per heavy atom. The minimum atomic E-state index is -0.864. The molecular weight excluding hydrogens is 653 g/mol. The minimum absolute atomic E-state index is 0.0125. The van der Waals surface area contributed by atoms with Crippen LogP contribution in [0, 0.1) is 17.7 Å². The number of carbonyl (C=O) groups is 3. The molecule has 51 heavy (non-hydrogen) atoms. The maximum absolute atomic E-state index is 15.7. The molecule has 268 valence electrons. The molecule has 2 heterocycles. The van der Waals surface area contributed by atoms with Crippen molar-refractivity contribution in [2.75, 3.05) is 32.1 Å². The normalized spacial score (nSPS) is 18.4. The third-order valence-corrected chi connectivity index (χ3v) is 9.86. The smallest absolute Gasteiger partial charge is 0.254 e. The number of piperidine rings is 1. The quantitative estimate of drug-likeness (QED) is 0.129. The van der Waals surface area contributed by atoms with Crippen molar-refractivity contribution >= 4 is 23.4 Å². The second kappa shape index (κ2) is 16.7. The van der Waals surface area contributed by atoms with Crippen LogP contribution in [0.3, 0.4) is 0 Å². The maximum atomic E-state index is 15.7. The second-order valence-electron chi connectivity index (χ2n) is 13.2. The lowest BCUT2D eigenvalue weighted by Gasteiger charge is -2.28. The molecule has 0 bridgehead atoms. The number of hydrogen-bond acceptors (Lipinski definition) is 9. The summed E-state index contributed by atoms with van der Waals surface area (Å²) in [6.45, 7) is 2.21. The number of tetrazole rings is 1. The summed E-state index contributed by atoms with van der Waals surface area (Å²) < 4.78 is 21.1. The summed E-state index contributed by atoms with van der Waals surface area (Å²) >= 11 is 0. The molecule has 1 aliphatic carbocycles. The maximum Gasteiger partial charge on any atom is 0.254 e. The van der Waals surface area contributed by atoms with E-state index in [2.05, 4.69) is 41.9 Å². The van der Waals surface area contributed by atoms with Gasteiger partial charge in [-0.2, -0.15) is 5.21 Å². The van der Waals surface area contributed by atoms with E-state index in [0.717, 1.165) is 62.7 Å². The van der Waals surface area contributed by atoms with Crippen LogP contribution in [0.1, 0.15) is 54.4 Å². The molecule has 1 atom stereocenters. The first-order chi connectivity index (χ1) is 24.8. The highest BCUT2D eigenvalue weighted by molar-refractivity contribution is 5.98. The molecule has 7 N–H and O–H groups in total. The van der Waals surface area contributed by atoms with Crippen molar-refractivity contribution in [3.63, 3.8) is 0 Å². The monoisotopic (exact) mass is 697 g/mol. The van der Waals surface area contributed by atoms with E-state index in [0.29, 0.717) is 35.1 Å². The predicted octanol–water partition coefficient (Wildman–Crippen LogP) is 3.59. The Morgan fingerprint density at radius 1 is 0.941 bits per heavy atom. The zero-order chi connectivity index (χ0) is 35.7. The molecule has 1 saturated heterocycles. The first-order valence-corrected chi connectivity index (χ1v) is 17.5. The van der Waals surface area contributed by atoms with Crippen LogP contribution in [0.5, 0.6) is 5.75 Å². The van der Waals surface area contributed by atoms with Gasteiger partial charge in [-0.15, -0.1) is 10.2 Å². The molecule has 0 radical (unpaired) electrons. The van der Waals surface area contributed by atoms with Crippen molar-refractivity contribution in [2.24, 2.45) is 17.6 Å². The van der Waals surface area contributed by atoms with E-state index < -0.39 is 17.8 Å². The largest absolute Gasteiger partial charge is 0.493 e. The number of anilines is 1. The van der Waals surface area contributed by atoms with E-state index in [1.54, 1.807) is 30.3 Å². The summed E-state index contributed by atoms with van der Waals surface area (Å²) in [7, 11) is 1.37. The average Bonchev–Trinajstić information content (AvgIpc) is 3.71. The summed E-state index contributed by atoms with van der Waals surface area (Å²) in [4.78, 5) is 40.1. The standard InChI is InChI=1S/C37H44FN9O4/c1-51-33-29(14-15-30(32(33)38)36(49)41-28-16-18-40-19-17-28)24-6-2-22(3-7-24)20-31(43-35(48)26-8-4-23(21-39)5-9-26)37(50)42-27-12-10-25(11-13-27)34-44-46-47-45-34/h2-3,6-7,10-15,23,26,28,31,40H,4-5,8-9,16-21,39H2,1H3,(H,41,49)(H,42,50)(H,43,48)(H,44,45,46,47)/t23-,26-,31-/m0/s1. The van der Waals surface area contributed by atoms with Crippen LogP contribution in [0.4, 0.5) is 10.1 Å². The summed E-state index contributed by atoms with van der Waals surface area (Å²) in [6, 6.07) is 16.6. The zero-order valence-corrected chi connectivity index (χ0v) is 28.6. The van der Waals surface area contributed by atoms with Crippen LogP contribution in [0.2, 0.25) is 0 Å². The highest BCUT2D eigenvalue weighted by Crippen LogP contribution is 2.35. The molecule has 0 spiro atoms. The SMILES string of the molecule is COc1c(-c2ccc(C[C@H](NC(=O)[C@H]3CC[C@H](CN)CC3)C(=O)Nc3ccc(-c4nn[nH]n4)cc3)cc2)ccc(C(=O)NC2CCNCC2)c1F. The highest BCUT2D eigenvalue weighted by Gasteiger charge is 2.30. The van der Waals surface area contributed by atoms with Crippen LogP contribution in [0.25, 0.3) is 22.5 Å². The number of nitrogens with one attached hydrogen (secondary N) is 5. The van der Waals surface area contributed by atoms with Gasteiger partial charge < -0.3 is 31.7 Å². The Labute approximate surface area is 295 Å². The second-order valence-corrected chi connectivity index (χ2v) is 13.2. The van der Waals surface area contributed by atoms with E-state index in [4.69, 9.17) is 10.5 Å². The van der Waals surface area contributed by atoms with E-state index in [1.807, 2.05) is 24.3 Å². The van der Waals surface area contributed by atoms with Crippen LogP contribution in [0.15, 0.2) is 60.7 Å². The lowest BCUT2D eigenvalue weighted by molar-refractivity contribution is -0.130. The van der Waals surface area contributed by atoms with Crippen molar-refractivity contribution in [3.05, 3.63) is 77.6 Å². The third-order valence-electron chi connectivity index (χ3n) is 9.86. The fourth-order valence-corrected chi connectivity index (χ4v) is 6.82. The topological polar surface area (TPSA) is 189 Å². The van der Waals surface area contributed by atoms with Gasteiger partial charge in [-0.25, -0.2) is 4.39 Å². The first kappa shape index (κ1) is 35.6. The molecular formula is C37H44FN9O4. The lowest BCUT2D eigenvalue weighted by atomic mass is 9.81. The summed E-state index contributed by atoms with van der Waals surface area (Å²) in [5.41, 5.74) is 9.00. The van der Waals surface area contributed by atoms with Crippen LogP contribution >= 0.6 is 0 Å². The number of aromatic nitrogens is 4. The molecule has 1 aromatic heterocycles. The van der Waals surface area contributed by atoms with Crippen LogP contribution < -0.4 is 31.7 Å². The summed E-state index contributed by atoms with van der Waals surface area (Å²) in [5, 5.41) is 26.1. The zero-order valence-electron chi connectivity index (χ0n) is 28.6. The van der Waals surface area contributed by atoms with Gasteiger partial charge in [-0.1, -0.05) is 24.3 Å². The van der Waals surface area contributed by atoms with Gasteiger partial charge in [0.15, 0.2) is 11.6 Å². The molecule has 2 fully saturated rings. The minimum Gasteiger partial charge on any atom is -0.493 e. The number of aromatic amines is 1. The van der Waals surface area contributed by atoms with Crippen molar-refractivity contribution in [1.82, 2.24) is 36.6 Å². The van der Waals surface area contributed by atoms with Crippen molar-refractivity contribution < 1.29 is 23.5 Å². The fraction of sp³-hybridized carbons (Fsp3) is 0.405. The van der Waals surface area contributed by atoms with Gasteiger partial charge in [0.05, 0.1) is 12.7 Å². The van der Waals surface area contributed by atoms with Gasteiger partial charge >= 0.3 is 0 Å². The fourth-order valence-electron chi connectivity index (χ4n) is 6.82. The van der Waals surface area contributed by atoms with Gasteiger partial charge in [0.2, 0.25) is 17.6 Å². The number of amides is 3. The number of hydrogen-bond donors (Lipinski definition) is 6.